The van der Waals surface area contributed by atoms with E-state index in [0.717, 1.165) is 0 Å². The van der Waals surface area contributed by atoms with Crippen molar-refractivity contribution >= 4 is 21.7 Å². The van der Waals surface area contributed by atoms with Crippen molar-refractivity contribution in [2.45, 2.75) is 25.9 Å². The van der Waals surface area contributed by atoms with E-state index in [1.165, 1.54) is 6.92 Å². The summed E-state index contributed by atoms with van der Waals surface area (Å²) in [6.07, 6.45) is -5.20. The summed E-state index contributed by atoms with van der Waals surface area (Å²) in [6.45, 7) is 1.31. The Hall–Kier alpha value is -1.04. The SMILES string of the molecule is CC(=O)c1ccc(Br)cc1OCCCC(F)(F)F. The number of halogens is 4. The number of hydrogen-bond donors (Lipinski definition) is 0. The van der Waals surface area contributed by atoms with Gasteiger partial charge in [0.15, 0.2) is 5.78 Å². The van der Waals surface area contributed by atoms with E-state index in [-0.39, 0.29) is 18.8 Å². The number of ketones is 1. The van der Waals surface area contributed by atoms with Gasteiger partial charge in [0.2, 0.25) is 0 Å². The molecule has 0 heterocycles. The third kappa shape index (κ3) is 5.08. The lowest BCUT2D eigenvalue weighted by molar-refractivity contribution is -0.136. The number of ether oxygens (including phenoxy) is 1. The molecule has 0 saturated carbocycles. The van der Waals surface area contributed by atoms with Crippen LogP contribution >= 0.6 is 15.9 Å². The van der Waals surface area contributed by atoms with Crippen LogP contribution in [0.15, 0.2) is 22.7 Å². The summed E-state index contributed by atoms with van der Waals surface area (Å²) in [5.41, 5.74) is 0.366. The average molecular weight is 325 g/mol. The normalized spacial score (nSPS) is 11.4. The smallest absolute Gasteiger partial charge is 0.389 e. The van der Waals surface area contributed by atoms with Gasteiger partial charge in [-0.15, -0.1) is 0 Å². The van der Waals surface area contributed by atoms with E-state index in [1.807, 2.05) is 0 Å². The van der Waals surface area contributed by atoms with Gasteiger partial charge in [0.1, 0.15) is 5.75 Å². The van der Waals surface area contributed by atoms with Crippen molar-refractivity contribution in [3.05, 3.63) is 28.2 Å². The fraction of sp³-hybridized carbons (Fsp3) is 0.417. The Morgan fingerprint density at radius 2 is 2.06 bits per heavy atom. The molecule has 1 rings (SSSR count). The molecule has 0 saturated heterocycles. The van der Waals surface area contributed by atoms with Gasteiger partial charge in [-0.1, -0.05) is 15.9 Å². The van der Waals surface area contributed by atoms with E-state index in [2.05, 4.69) is 15.9 Å². The molecule has 0 atom stereocenters. The van der Waals surface area contributed by atoms with Crippen molar-refractivity contribution in [2.24, 2.45) is 0 Å². The van der Waals surface area contributed by atoms with Crippen LogP contribution in [0.2, 0.25) is 0 Å². The van der Waals surface area contributed by atoms with Crippen LogP contribution in [0.25, 0.3) is 0 Å². The van der Waals surface area contributed by atoms with Crippen molar-refractivity contribution in [1.29, 1.82) is 0 Å². The molecule has 0 aromatic heterocycles. The van der Waals surface area contributed by atoms with Crippen molar-refractivity contribution in [3.63, 3.8) is 0 Å². The Bertz CT molecular complexity index is 430. The van der Waals surface area contributed by atoms with E-state index in [1.54, 1.807) is 18.2 Å². The molecule has 0 aliphatic carbocycles. The Labute approximate surface area is 111 Å². The standard InChI is InChI=1S/C12H12BrF3O2/c1-8(17)10-4-3-9(13)7-11(10)18-6-2-5-12(14,15)16/h3-4,7H,2,5-6H2,1H3. The highest BCUT2D eigenvalue weighted by molar-refractivity contribution is 9.10. The third-order valence-corrected chi connectivity index (χ3v) is 2.68. The van der Waals surface area contributed by atoms with Crippen LogP contribution in [0.4, 0.5) is 13.2 Å². The fourth-order valence-electron chi connectivity index (χ4n) is 1.36. The van der Waals surface area contributed by atoms with Gasteiger partial charge in [-0.05, 0) is 31.5 Å². The van der Waals surface area contributed by atoms with Crippen molar-refractivity contribution in [1.82, 2.24) is 0 Å². The molecule has 0 amide bonds. The lowest BCUT2D eigenvalue weighted by atomic mass is 10.1. The van der Waals surface area contributed by atoms with Gasteiger partial charge >= 0.3 is 6.18 Å². The molecule has 18 heavy (non-hydrogen) atoms. The average Bonchev–Trinajstić information content (AvgIpc) is 2.22. The van der Waals surface area contributed by atoms with E-state index >= 15 is 0 Å². The summed E-state index contributed by atoms with van der Waals surface area (Å²) in [5, 5.41) is 0. The topological polar surface area (TPSA) is 26.3 Å². The van der Waals surface area contributed by atoms with Gasteiger partial charge in [-0.25, -0.2) is 0 Å². The zero-order valence-corrected chi connectivity index (χ0v) is 11.3. The Kier molecular flexibility index (Phi) is 5.19. The molecule has 0 N–H and O–H groups in total. The van der Waals surface area contributed by atoms with Gasteiger partial charge in [0.25, 0.3) is 0 Å². The molecule has 0 aliphatic heterocycles. The molecule has 6 heteroatoms. The molecule has 0 bridgehead atoms. The minimum Gasteiger partial charge on any atom is -0.493 e. The van der Waals surface area contributed by atoms with Gasteiger partial charge in [0, 0.05) is 10.9 Å². The van der Waals surface area contributed by atoms with Crippen LogP contribution < -0.4 is 4.74 Å². The summed E-state index contributed by atoms with van der Waals surface area (Å²) >= 11 is 3.21. The highest BCUT2D eigenvalue weighted by atomic mass is 79.9. The van der Waals surface area contributed by atoms with Gasteiger partial charge in [0.05, 0.1) is 12.2 Å². The summed E-state index contributed by atoms with van der Waals surface area (Å²) in [7, 11) is 0. The second-order valence-electron chi connectivity index (χ2n) is 3.76. The first-order valence-corrected chi connectivity index (χ1v) is 6.09. The van der Waals surface area contributed by atoms with E-state index in [0.29, 0.717) is 15.8 Å². The second-order valence-corrected chi connectivity index (χ2v) is 4.68. The summed E-state index contributed by atoms with van der Waals surface area (Å²) < 4.78 is 41.7. The van der Waals surface area contributed by atoms with Gasteiger partial charge < -0.3 is 4.74 Å². The van der Waals surface area contributed by atoms with E-state index < -0.39 is 12.6 Å². The summed E-state index contributed by atoms with van der Waals surface area (Å²) in [6, 6.07) is 4.83. The monoisotopic (exact) mass is 324 g/mol. The highest BCUT2D eigenvalue weighted by Crippen LogP contribution is 2.25. The molecule has 0 aliphatic rings. The lowest BCUT2D eigenvalue weighted by Gasteiger charge is -2.11. The second kappa shape index (κ2) is 6.22. The number of alkyl halides is 3. The first-order valence-electron chi connectivity index (χ1n) is 5.29. The number of carbonyl (C=O) groups excluding carboxylic acids is 1. The molecule has 1 aromatic rings. The first kappa shape index (κ1) is 15.0. The molecular formula is C12H12BrF3O2. The Balaban J connectivity index is 2.61. The van der Waals surface area contributed by atoms with Crippen LogP contribution in [-0.2, 0) is 0 Å². The van der Waals surface area contributed by atoms with Crippen molar-refractivity contribution in [3.8, 4) is 5.75 Å². The molecule has 2 nitrogen and oxygen atoms in total. The van der Waals surface area contributed by atoms with Crippen LogP contribution in [0.1, 0.15) is 30.1 Å². The van der Waals surface area contributed by atoms with Gasteiger partial charge in [-0.3, -0.25) is 4.79 Å². The number of Topliss-reactive ketones (excluding diaryl/α,β-unsaturated/α-hetero) is 1. The lowest BCUT2D eigenvalue weighted by Crippen LogP contribution is -2.10. The molecular weight excluding hydrogens is 313 g/mol. The maximum absolute atomic E-state index is 11.9. The minimum absolute atomic E-state index is 0.0732. The van der Waals surface area contributed by atoms with E-state index in [4.69, 9.17) is 4.74 Å². The maximum atomic E-state index is 11.9. The maximum Gasteiger partial charge on any atom is 0.389 e. The predicted octanol–water partition coefficient (Wildman–Crippen LogP) is 4.37. The number of benzene rings is 1. The quantitative estimate of drug-likeness (QED) is 0.593. The van der Waals surface area contributed by atoms with Crippen LogP contribution in [-0.4, -0.2) is 18.6 Å². The molecule has 100 valence electrons. The number of rotatable bonds is 5. The number of carbonyl (C=O) groups is 1. The summed E-state index contributed by atoms with van der Waals surface area (Å²) in [5.74, 6) is 0.118. The molecule has 0 unspecified atom stereocenters. The van der Waals surface area contributed by atoms with Gasteiger partial charge in [-0.2, -0.15) is 13.2 Å². The zero-order chi connectivity index (χ0) is 13.8. The van der Waals surface area contributed by atoms with E-state index in [9.17, 15) is 18.0 Å². The third-order valence-electron chi connectivity index (χ3n) is 2.19. The van der Waals surface area contributed by atoms with Crippen LogP contribution in [0, 0.1) is 0 Å². The summed E-state index contributed by atoms with van der Waals surface area (Å²) in [4.78, 5) is 11.3. The molecule has 1 aromatic carbocycles. The molecule has 0 spiro atoms. The van der Waals surface area contributed by atoms with Crippen LogP contribution in [0.5, 0.6) is 5.75 Å². The first-order chi connectivity index (χ1) is 8.29. The predicted molar refractivity (Wildman–Crippen MR) is 64.9 cm³/mol. The number of hydrogen-bond acceptors (Lipinski definition) is 2. The van der Waals surface area contributed by atoms with Crippen molar-refractivity contribution < 1.29 is 22.7 Å². The zero-order valence-electron chi connectivity index (χ0n) is 9.68. The largest absolute Gasteiger partial charge is 0.493 e. The Morgan fingerprint density at radius 3 is 2.61 bits per heavy atom. The highest BCUT2D eigenvalue weighted by Gasteiger charge is 2.26. The molecule has 0 radical (unpaired) electrons. The minimum atomic E-state index is -4.18. The van der Waals surface area contributed by atoms with Crippen LogP contribution in [0.3, 0.4) is 0 Å². The fourth-order valence-corrected chi connectivity index (χ4v) is 1.70. The molecule has 0 fully saturated rings. The van der Waals surface area contributed by atoms with Crippen molar-refractivity contribution in [2.75, 3.05) is 6.61 Å². The Morgan fingerprint density at radius 1 is 1.39 bits per heavy atom.